The van der Waals surface area contributed by atoms with E-state index in [0.717, 1.165) is 24.4 Å². The average molecular weight is 393 g/mol. The van der Waals surface area contributed by atoms with Gasteiger partial charge < -0.3 is 24.7 Å². The highest BCUT2D eigenvalue weighted by atomic mass is 35.5. The lowest BCUT2D eigenvalue weighted by Crippen LogP contribution is -3.15. The van der Waals surface area contributed by atoms with Gasteiger partial charge in [0.25, 0.3) is 0 Å². The van der Waals surface area contributed by atoms with Gasteiger partial charge in [-0.2, -0.15) is 0 Å². The van der Waals surface area contributed by atoms with Crippen LogP contribution in [0.25, 0.3) is 0 Å². The molecule has 1 aliphatic heterocycles. The molecule has 1 aliphatic rings. The lowest BCUT2D eigenvalue weighted by molar-refractivity contribution is -0.938. The van der Waals surface area contributed by atoms with Crippen molar-refractivity contribution in [3.63, 3.8) is 0 Å². The molecular weight excluding hydrogens is 370 g/mol. The molecule has 0 bridgehead atoms. The molecule has 1 aromatic heterocycles. The van der Waals surface area contributed by atoms with Gasteiger partial charge in [-0.3, -0.25) is 9.59 Å². The van der Waals surface area contributed by atoms with E-state index in [0.29, 0.717) is 24.8 Å². The van der Waals surface area contributed by atoms with Crippen molar-refractivity contribution in [3.8, 4) is 0 Å². The lowest BCUT2D eigenvalue weighted by atomic mass is 10.1. The van der Waals surface area contributed by atoms with Crippen LogP contribution in [-0.2, 0) is 20.9 Å². The van der Waals surface area contributed by atoms with Crippen LogP contribution in [-0.4, -0.2) is 44.7 Å². The summed E-state index contributed by atoms with van der Waals surface area (Å²) in [6.07, 6.45) is 1.61. The highest BCUT2D eigenvalue weighted by Crippen LogP contribution is 2.10. The Balaban J connectivity index is 1.52. The molecule has 0 saturated carbocycles. The summed E-state index contributed by atoms with van der Waals surface area (Å²) in [6.45, 7) is 3.56. The fraction of sp³-hybridized carbons (Fsp3) is 0.368. The molecule has 1 atom stereocenters. The van der Waals surface area contributed by atoms with Crippen LogP contribution in [0.1, 0.15) is 17.4 Å². The molecule has 8 heteroatoms. The van der Waals surface area contributed by atoms with Gasteiger partial charge in [-0.25, -0.2) is 0 Å². The predicted molar refractivity (Wildman–Crippen MR) is 99.3 cm³/mol. The number of carbonyl (C=O) groups excluding carboxylic acids is 2. The number of halogens is 1. The summed E-state index contributed by atoms with van der Waals surface area (Å²) < 4.78 is 10.9. The zero-order valence-corrected chi connectivity index (χ0v) is 15.6. The number of carbonyl (C=O) groups is 2. The predicted octanol–water partition coefficient (Wildman–Crippen LogP) is 0.322. The van der Waals surface area contributed by atoms with Crippen LogP contribution in [0.5, 0.6) is 0 Å². The highest BCUT2D eigenvalue weighted by molar-refractivity contribution is 6.35. The van der Waals surface area contributed by atoms with E-state index in [1.807, 2.05) is 12.1 Å². The summed E-state index contributed by atoms with van der Waals surface area (Å²) in [6, 6.07) is 10.7. The number of ether oxygens (including phenoxy) is 1. The molecule has 3 rings (SSSR count). The Kier molecular flexibility index (Phi) is 6.86. The maximum Gasteiger partial charge on any atom is 0.309 e. The van der Waals surface area contributed by atoms with Gasteiger partial charge in [0.05, 0.1) is 26.0 Å². The van der Waals surface area contributed by atoms with Gasteiger partial charge >= 0.3 is 11.8 Å². The van der Waals surface area contributed by atoms with E-state index in [1.54, 1.807) is 30.5 Å². The second-order valence-corrected chi connectivity index (χ2v) is 6.79. The molecule has 144 valence electrons. The third-order valence-electron chi connectivity index (χ3n) is 4.55. The standard InChI is InChI=1S/C19H22ClN3O4/c20-15-5-3-14(4-6-15)12-21-18(24)19(25)22-13-16(17-2-1-9-27-17)23-7-10-26-11-8-23/h1-6,9,16H,7-8,10-13H2,(H,21,24)(H,22,25)/p+1/t16-/m0/s1. The molecule has 27 heavy (non-hydrogen) atoms. The number of morpholine rings is 1. The van der Waals surface area contributed by atoms with Gasteiger partial charge in [0.1, 0.15) is 13.1 Å². The van der Waals surface area contributed by atoms with Crippen LogP contribution < -0.4 is 15.5 Å². The van der Waals surface area contributed by atoms with Crippen LogP contribution >= 0.6 is 11.6 Å². The third-order valence-corrected chi connectivity index (χ3v) is 4.81. The molecule has 7 nitrogen and oxygen atoms in total. The minimum absolute atomic E-state index is 0.0584. The Labute approximate surface area is 162 Å². The quantitative estimate of drug-likeness (QED) is 0.618. The number of quaternary nitrogens is 1. The van der Waals surface area contributed by atoms with Crippen molar-refractivity contribution in [2.24, 2.45) is 0 Å². The Morgan fingerprint density at radius 3 is 2.44 bits per heavy atom. The number of nitrogens with one attached hydrogen (secondary N) is 3. The monoisotopic (exact) mass is 392 g/mol. The molecule has 0 spiro atoms. The molecular formula is C19H23ClN3O4+. The summed E-state index contributed by atoms with van der Waals surface area (Å²) in [4.78, 5) is 25.5. The van der Waals surface area contributed by atoms with Gasteiger partial charge in [0.15, 0.2) is 11.8 Å². The summed E-state index contributed by atoms with van der Waals surface area (Å²) in [5.74, 6) is -0.540. The van der Waals surface area contributed by atoms with Crippen molar-refractivity contribution >= 4 is 23.4 Å². The summed E-state index contributed by atoms with van der Waals surface area (Å²) >= 11 is 5.83. The van der Waals surface area contributed by atoms with Crippen molar-refractivity contribution in [2.75, 3.05) is 32.8 Å². The van der Waals surface area contributed by atoms with Crippen LogP contribution in [0, 0.1) is 0 Å². The molecule has 0 radical (unpaired) electrons. The molecule has 2 heterocycles. The van der Waals surface area contributed by atoms with Crippen LogP contribution in [0.15, 0.2) is 47.1 Å². The number of hydrogen-bond donors (Lipinski definition) is 3. The maximum absolute atomic E-state index is 12.2. The number of furan rings is 1. The van der Waals surface area contributed by atoms with E-state index in [9.17, 15) is 9.59 Å². The largest absolute Gasteiger partial charge is 0.463 e. The van der Waals surface area contributed by atoms with Crippen molar-refractivity contribution in [2.45, 2.75) is 12.6 Å². The first-order valence-corrected chi connectivity index (χ1v) is 9.27. The maximum atomic E-state index is 12.2. The molecule has 1 aromatic carbocycles. The summed E-state index contributed by atoms with van der Waals surface area (Å²) in [7, 11) is 0. The topological polar surface area (TPSA) is 85.0 Å². The fourth-order valence-corrected chi connectivity index (χ4v) is 3.18. The van der Waals surface area contributed by atoms with Gasteiger partial charge in [-0.05, 0) is 29.8 Å². The number of benzene rings is 1. The second-order valence-electron chi connectivity index (χ2n) is 6.36. The number of hydrogen-bond acceptors (Lipinski definition) is 4. The Morgan fingerprint density at radius 1 is 1.07 bits per heavy atom. The van der Waals surface area contributed by atoms with Crippen LogP contribution in [0.3, 0.4) is 0 Å². The minimum atomic E-state index is -0.667. The molecule has 3 N–H and O–H groups in total. The van der Waals surface area contributed by atoms with Crippen LogP contribution in [0.2, 0.25) is 5.02 Å². The minimum Gasteiger partial charge on any atom is -0.463 e. The van der Waals surface area contributed by atoms with Gasteiger partial charge in [0.2, 0.25) is 0 Å². The summed E-state index contributed by atoms with van der Waals surface area (Å²) in [5.41, 5.74) is 0.867. The Hall–Kier alpha value is -2.35. The number of amides is 2. The zero-order chi connectivity index (χ0) is 19.1. The van der Waals surface area contributed by atoms with Gasteiger partial charge in [-0.15, -0.1) is 0 Å². The number of rotatable bonds is 6. The first-order chi connectivity index (χ1) is 13.1. The Bertz CT molecular complexity index is 743. The fourth-order valence-electron chi connectivity index (χ4n) is 3.06. The smallest absolute Gasteiger partial charge is 0.309 e. The highest BCUT2D eigenvalue weighted by Gasteiger charge is 2.29. The summed E-state index contributed by atoms with van der Waals surface area (Å²) in [5, 5.41) is 5.95. The van der Waals surface area contributed by atoms with E-state index in [4.69, 9.17) is 20.8 Å². The van der Waals surface area contributed by atoms with E-state index in [-0.39, 0.29) is 12.6 Å². The van der Waals surface area contributed by atoms with E-state index >= 15 is 0 Å². The molecule has 0 aliphatic carbocycles. The van der Waals surface area contributed by atoms with Crippen LogP contribution in [0.4, 0.5) is 0 Å². The van der Waals surface area contributed by atoms with E-state index < -0.39 is 11.8 Å². The van der Waals surface area contributed by atoms with E-state index in [2.05, 4.69) is 10.6 Å². The average Bonchev–Trinajstić information content (AvgIpc) is 3.22. The third kappa shape index (κ3) is 5.56. The van der Waals surface area contributed by atoms with Crippen molar-refractivity contribution in [3.05, 3.63) is 59.0 Å². The second kappa shape index (κ2) is 9.55. The van der Waals surface area contributed by atoms with Crippen molar-refractivity contribution < 1.29 is 23.6 Å². The van der Waals surface area contributed by atoms with Gasteiger partial charge in [0, 0.05) is 11.6 Å². The zero-order valence-electron chi connectivity index (χ0n) is 14.9. The van der Waals surface area contributed by atoms with Gasteiger partial charge in [-0.1, -0.05) is 23.7 Å². The molecule has 1 saturated heterocycles. The first kappa shape index (κ1) is 19.4. The first-order valence-electron chi connectivity index (χ1n) is 8.89. The molecule has 2 amide bonds. The normalized spacial score (nSPS) is 15.9. The molecule has 2 aromatic rings. The van der Waals surface area contributed by atoms with Crippen molar-refractivity contribution in [1.29, 1.82) is 0 Å². The molecule has 0 unspecified atom stereocenters. The van der Waals surface area contributed by atoms with E-state index in [1.165, 1.54) is 4.90 Å². The van der Waals surface area contributed by atoms with Crippen molar-refractivity contribution in [1.82, 2.24) is 10.6 Å². The SMILES string of the molecule is O=C(NCc1ccc(Cl)cc1)C(=O)NC[C@@H](c1ccco1)[NH+]1CCOCC1. The lowest BCUT2D eigenvalue weighted by Gasteiger charge is -2.30. The molecule has 1 fully saturated rings. The Morgan fingerprint density at radius 2 is 1.78 bits per heavy atom.